The summed E-state index contributed by atoms with van der Waals surface area (Å²) >= 11 is 0. The molecule has 0 fully saturated rings. The number of para-hydroxylation sites is 1. The van der Waals surface area contributed by atoms with E-state index in [1.54, 1.807) is 4.98 Å². The second kappa shape index (κ2) is 4.77. The molecule has 0 atom stereocenters. The average Bonchev–Trinajstić information content (AvgIpc) is 2.30. The van der Waals surface area contributed by atoms with Crippen LogP contribution < -0.4 is 16.6 Å². The lowest BCUT2D eigenvalue weighted by atomic mass is 10.2. The second-order valence-electron chi connectivity index (χ2n) is 3.57. The molecule has 0 aliphatic heterocycles. The van der Waals surface area contributed by atoms with Crippen molar-refractivity contribution in [2.24, 2.45) is 0 Å². The van der Waals surface area contributed by atoms with E-state index >= 15 is 0 Å². The summed E-state index contributed by atoms with van der Waals surface area (Å²) in [4.78, 5) is 37.6. The van der Waals surface area contributed by atoms with Crippen molar-refractivity contribution in [3.8, 4) is 5.88 Å². The fourth-order valence-corrected chi connectivity index (χ4v) is 1.43. The molecule has 0 saturated heterocycles. The number of carbonyl (C=O) groups is 1. The van der Waals surface area contributed by atoms with E-state index in [2.05, 4.69) is 5.32 Å². The third kappa shape index (κ3) is 2.51. The number of aromatic nitrogens is 2. The number of benzene rings is 1. The molecule has 1 aromatic carbocycles. The van der Waals surface area contributed by atoms with Gasteiger partial charge in [0.05, 0.1) is 5.69 Å². The zero-order chi connectivity index (χ0) is 14.0. The number of amides is 1. The summed E-state index contributed by atoms with van der Waals surface area (Å²) in [5.41, 5.74) is -2.89. The first-order valence-electron chi connectivity index (χ1n) is 5.10. The number of hydrogen-bond acceptors (Lipinski definition) is 4. The highest BCUT2D eigenvalue weighted by molar-refractivity contribution is 6.05. The Bertz CT molecular complexity index is 750. The predicted octanol–water partition coefficient (Wildman–Crippen LogP) is 0.160. The molecule has 98 valence electrons. The highest BCUT2D eigenvalue weighted by Crippen LogP contribution is 2.14. The standard InChI is InChI=1S/C11H8FN3O4/c12-5-3-1-2-4-6(5)13-8(16)7-9(17)14-11(19)15-10(7)18/h1-4H,(H,13,16)(H3,14,15,17,18,19). The molecule has 1 heterocycles. The molecular formula is C11H8FN3O4. The van der Waals surface area contributed by atoms with Crippen LogP contribution in [0.4, 0.5) is 10.1 Å². The molecule has 7 nitrogen and oxygen atoms in total. The number of hydrogen-bond donors (Lipinski definition) is 4. The van der Waals surface area contributed by atoms with Gasteiger partial charge in [-0.2, -0.15) is 0 Å². The van der Waals surface area contributed by atoms with Crippen LogP contribution in [0.1, 0.15) is 10.4 Å². The molecule has 0 aliphatic rings. The number of rotatable bonds is 2. The third-order valence-corrected chi connectivity index (χ3v) is 2.27. The molecule has 2 rings (SSSR count). The Kier molecular flexibility index (Phi) is 3.15. The van der Waals surface area contributed by atoms with Crippen LogP contribution in [0, 0.1) is 5.82 Å². The van der Waals surface area contributed by atoms with Crippen molar-refractivity contribution in [2.75, 3.05) is 5.32 Å². The largest absolute Gasteiger partial charge is 0.494 e. The maximum absolute atomic E-state index is 13.3. The zero-order valence-electron chi connectivity index (χ0n) is 9.36. The van der Waals surface area contributed by atoms with E-state index in [4.69, 9.17) is 0 Å². The Morgan fingerprint density at radius 1 is 1.21 bits per heavy atom. The number of H-pyrrole nitrogens is 2. The first-order valence-corrected chi connectivity index (χ1v) is 5.10. The van der Waals surface area contributed by atoms with Crippen LogP contribution in [0.5, 0.6) is 5.88 Å². The van der Waals surface area contributed by atoms with Gasteiger partial charge in [0, 0.05) is 0 Å². The van der Waals surface area contributed by atoms with Crippen molar-refractivity contribution >= 4 is 11.6 Å². The minimum absolute atomic E-state index is 0.155. The summed E-state index contributed by atoms with van der Waals surface area (Å²) in [6.45, 7) is 0. The SMILES string of the molecule is O=C(Nc1ccccc1F)c1c(O)[nH]c(=O)[nH]c1=O. The fourth-order valence-electron chi connectivity index (χ4n) is 1.43. The van der Waals surface area contributed by atoms with Crippen LogP contribution in [0.3, 0.4) is 0 Å². The van der Waals surface area contributed by atoms with Gasteiger partial charge in [-0.1, -0.05) is 12.1 Å². The predicted molar refractivity (Wildman–Crippen MR) is 63.7 cm³/mol. The van der Waals surface area contributed by atoms with E-state index in [1.165, 1.54) is 18.2 Å². The van der Waals surface area contributed by atoms with Gasteiger partial charge in [0.1, 0.15) is 5.82 Å². The topological polar surface area (TPSA) is 115 Å². The van der Waals surface area contributed by atoms with Crippen molar-refractivity contribution in [3.63, 3.8) is 0 Å². The van der Waals surface area contributed by atoms with E-state index in [-0.39, 0.29) is 5.69 Å². The van der Waals surface area contributed by atoms with Gasteiger partial charge in [0.15, 0.2) is 5.56 Å². The van der Waals surface area contributed by atoms with Crippen molar-refractivity contribution in [1.29, 1.82) is 0 Å². The minimum Gasteiger partial charge on any atom is -0.494 e. The Labute approximate surface area is 104 Å². The number of carbonyl (C=O) groups excluding carboxylic acids is 1. The van der Waals surface area contributed by atoms with Crippen LogP contribution in [-0.2, 0) is 0 Å². The molecule has 1 amide bonds. The van der Waals surface area contributed by atoms with Gasteiger partial charge in [-0.3, -0.25) is 19.6 Å². The third-order valence-electron chi connectivity index (χ3n) is 2.27. The summed E-state index contributed by atoms with van der Waals surface area (Å²) in [5.74, 6) is -2.63. The Morgan fingerprint density at radius 3 is 2.53 bits per heavy atom. The van der Waals surface area contributed by atoms with Crippen LogP contribution in [0.25, 0.3) is 0 Å². The summed E-state index contributed by atoms with van der Waals surface area (Å²) in [7, 11) is 0. The maximum atomic E-state index is 13.3. The number of anilines is 1. The molecule has 0 bridgehead atoms. The van der Waals surface area contributed by atoms with Gasteiger partial charge in [-0.25, -0.2) is 9.18 Å². The summed E-state index contributed by atoms with van der Waals surface area (Å²) in [6.07, 6.45) is 0. The van der Waals surface area contributed by atoms with Gasteiger partial charge in [-0.15, -0.1) is 0 Å². The van der Waals surface area contributed by atoms with Crippen molar-refractivity contribution in [3.05, 3.63) is 56.5 Å². The highest BCUT2D eigenvalue weighted by Gasteiger charge is 2.18. The second-order valence-corrected chi connectivity index (χ2v) is 3.57. The maximum Gasteiger partial charge on any atom is 0.328 e. The molecule has 2 aromatic rings. The van der Waals surface area contributed by atoms with Crippen LogP contribution in [0.15, 0.2) is 33.9 Å². The summed E-state index contributed by atoms with van der Waals surface area (Å²) in [5, 5.41) is 11.5. The lowest BCUT2D eigenvalue weighted by molar-refractivity contribution is 0.102. The van der Waals surface area contributed by atoms with E-state index in [0.29, 0.717) is 0 Å². The van der Waals surface area contributed by atoms with Crippen molar-refractivity contribution in [2.45, 2.75) is 0 Å². The van der Waals surface area contributed by atoms with E-state index in [0.717, 1.165) is 6.07 Å². The fraction of sp³-hybridized carbons (Fsp3) is 0. The number of aromatic amines is 2. The minimum atomic E-state index is -1.07. The van der Waals surface area contributed by atoms with E-state index in [9.17, 15) is 23.9 Å². The molecule has 0 radical (unpaired) electrons. The quantitative estimate of drug-likeness (QED) is 0.619. The average molecular weight is 265 g/mol. The summed E-state index contributed by atoms with van der Waals surface area (Å²) < 4.78 is 13.3. The molecule has 1 aromatic heterocycles. The van der Waals surface area contributed by atoms with Crippen LogP contribution >= 0.6 is 0 Å². The van der Waals surface area contributed by atoms with Gasteiger partial charge in [0.25, 0.3) is 11.5 Å². The lowest BCUT2D eigenvalue weighted by Crippen LogP contribution is -2.30. The van der Waals surface area contributed by atoms with Crippen molar-refractivity contribution in [1.82, 2.24) is 9.97 Å². The first kappa shape index (κ1) is 12.6. The number of nitrogens with one attached hydrogen (secondary N) is 3. The molecule has 4 N–H and O–H groups in total. The monoisotopic (exact) mass is 265 g/mol. The summed E-state index contributed by atoms with van der Waals surface area (Å²) in [6, 6.07) is 5.31. The highest BCUT2D eigenvalue weighted by atomic mass is 19.1. The van der Waals surface area contributed by atoms with Crippen molar-refractivity contribution < 1.29 is 14.3 Å². The van der Waals surface area contributed by atoms with Gasteiger partial charge >= 0.3 is 5.69 Å². The first-order chi connectivity index (χ1) is 8.99. The number of aromatic hydroxyl groups is 1. The van der Waals surface area contributed by atoms with Gasteiger partial charge < -0.3 is 10.4 Å². The smallest absolute Gasteiger partial charge is 0.328 e. The molecule has 8 heteroatoms. The van der Waals surface area contributed by atoms with E-state index in [1.807, 2.05) is 4.98 Å². The Hall–Kier alpha value is -2.90. The number of halogens is 1. The Balaban J connectivity index is 2.39. The van der Waals surface area contributed by atoms with Crippen LogP contribution in [-0.4, -0.2) is 21.0 Å². The Morgan fingerprint density at radius 2 is 1.89 bits per heavy atom. The molecule has 0 unspecified atom stereocenters. The van der Waals surface area contributed by atoms with Gasteiger partial charge in [-0.05, 0) is 12.1 Å². The molecule has 0 saturated carbocycles. The lowest BCUT2D eigenvalue weighted by Gasteiger charge is -2.06. The molecule has 0 aliphatic carbocycles. The molecular weight excluding hydrogens is 257 g/mol. The normalized spacial score (nSPS) is 10.2. The zero-order valence-corrected chi connectivity index (χ0v) is 9.36. The van der Waals surface area contributed by atoms with Crippen LogP contribution in [0.2, 0.25) is 0 Å². The molecule has 0 spiro atoms. The van der Waals surface area contributed by atoms with E-state index < -0.39 is 34.4 Å². The molecule has 19 heavy (non-hydrogen) atoms. The van der Waals surface area contributed by atoms with Gasteiger partial charge in [0.2, 0.25) is 5.88 Å².